The first-order valence-corrected chi connectivity index (χ1v) is 7.33. The lowest BCUT2D eigenvalue weighted by atomic mass is 9.93. The van der Waals surface area contributed by atoms with E-state index in [4.69, 9.17) is 0 Å². The van der Waals surface area contributed by atoms with Crippen molar-refractivity contribution in [3.05, 3.63) is 0 Å². The van der Waals surface area contributed by atoms with Gasteiger partial charge in [0.1, 0.15) is 6.04 Å². The molecule has 0 spiro atoms. The molecule has 2 heterocycles. The summed E-state index contributed by atoms with van der Waals surface area (Å²) in [4.78, 5) is 27.8. The zero-order valence-electron chi connectivity index (χ0n) is 12.0. The van der Waals surface area contributed by atoms with Crippen LogP contribution in [0.2, 0.25) is 0 Å². The largest absolute Gasteiger partial charge is 0.345 e. The minimum absolute atomic E-state index is 0.0114. The summed E-state index contributed by atoms with van der Waals surface area (Å²) in [6.07, 6.45) is 3.96. The van der Waals surface area contributed by atoms with Crippen LogP contribution in [0.1, 0.15) is 32.6 Å². The Morgan fingerprint density at radius 3 is 2.58 bits per heavy atom. The lowest BCUT2D eigenvalue weighted by Gasteiger charge is -2.31. The molecule has 0 aromatic heterocycles. The summed E-state index contributed by atoms with van der Waals surface area (Å²) in [5, 5.41) is 2.73. The van der Waals surface area contributed by atoms with E-state index in [1.54, 1.807) is 6.92 Å². The van der Waals surface area contributed by atoms with E-state index in [2.05, 4.69) is 17.3 Å². The van der Waals surface area contributed by atoms with Crippen LogP contribution in [0.3, 0.4) is 0 Å². The van der Waals surface area contributed by atoms with E-state index in [0.717, 1.165) is 32.0 Å². The zero-order chi connectivity index (χ0) is 13.8. The highest BCUT2D eigenvalue weighted by molar-refractivity contribution is 5.89. The fourth-order valence-corrected chi connectivity index (χ4v) is 2.91. The second kappa shape index (κ2) is 6.37. The Bertz CT molecular complexity index is 338. The molecule has 0 bridgehead atoms. The van der Waals surface area contributed by atoms with Gasteiger partial charge in [0.15, 0.2) is 0 Å². The summed E-state index contributed by atoms with van der Waals surface area (Å²) in [7, 11) is 2.16. The van der Waals surface area contributed by atoms with Crippen LogP contribution < -0.4 is 5.32 Å². The van der Waals surface area contributed by atoms with E-state index in [1.807, 2.05) is 4.90 Å². The van der Waals surface area contributed by atoms with Gasteiger partial charge in [0.25, 0.3) is 0 Å². The van der Waals surface area contributed by atoms with E-state index in [0.29, 0.717) is 13.0 Å². The molecule has 2 fully saturated rings. The molecule has 0 aliphatic carbocycles. The van der Waals surface area contributed by atoms with E-state index in [-0.39, 0.29) is 17.9 Å². The SMILES string of the molecule is CC1NC(=O)CCN(CCC2CCN(C)CC2)C1=O. The Balaban J connectivity index is 1.81. The van der Waals surface area contributed by atoms with Crippen LogP contribution in [-0.2, 0) is 9.59 Å². The molecule has 5 heteroatoms. The number of piperidine rings is 1. The first-order valence-electron chi connectivity index (χ1n) is 7.33. The van der Waals surface area contributed by atoms with E-state index < -0.39 is 0 Å². The number of likely N-dealkylation sites (tertiary alicyclic amines) is 1. The first kappa shape index (κ1) is 14.3. The molecule has 0 aromatic rings. The van der Waals surface area contributed by atoms with Crippen molar-refractivity contribution in [2.45, 2.75) is 38.6 Å². The number of hydrogen-bond donors (Lipinski definition) is 1. The average molecular weight is 267 g/mol. The molecule has 2 saturated heterocycles. The molecule has 0 radical (unpaired) electrons. The Hall–Kier alpha value is -1.10. The third kappa shape index (κ3) is 3.93. The van der Waals surface area contributed by atoms with Crippen LogP contribution in [0.15, 0.2) is 0 Å². The lowest BCUT2D eigenvalue weighted by Crippen LogP contribution is -2.43. The number of nitrogens with one attached hydrogen (secondary N) is 1. The van der Waals surface area contributed by atoms with Gasteiger partial charge in [-0.1, -0.05) is 0 Å². The van der Waals surface area contributed by atoms with Crippen molar-refractivity contribution in [1.82, 2.24) is 15.1 Å². The number of nitrogens with zero attached hydrogens (tertiary/aromatic N) is 2. The van der Waals surface area contributed by atoms with Crippen LogP contribution in [0.25, 0.3) is 0 Å². The smallest absolute Gasteiger partial charge is 0.244 e. The van der Waals surface area contributed by atoms with Gasteiger partial charge in [-0.05, 0) is 52.2 Å². The molecule has 2 aliphatic rings. The summed E-state index contributed by atoms with van der Waals surface area (Å²) in [6, 6.07) is -0.368. The van der Waals surface area contributed by atoms with Crippen LogP contribution in [0.4, 0.5) is 0 Å². The van der Waals surface area contributed by atoms with Crippen molar-refractivity contribution >= 4 is 11.8 Å². The maximum atomic E-state index is 12.1. The minimum atomic E-state index is -0.368. The van der Waals surface area contributed by atoms with Crippen molar-refractivity contribution in [3.8, 4) is 0 Å². The standard InChI is InChI=1S/C14H25N3O2/c1-11-14(19)17(10-6-13(18)15-11)9-5-12-3-7-16(2)8-4-12/h11-12H,3-10H2,1-2H3,(H,15,18). The molecule has 108 valence electrons. The normalized spacial score (nSPS) is 27.3. The van der Waals surface area contributed by atoms with Crippen LogP contribution in [-0.4, -0.2) is 60.9 Å². The number of carbonyl (C=O) groups is 2. The quantitative estimate of drug-likeness (QED) is 0.808. The molecule has 2 aliphatic heterocycles. The van der Waals surface area contributed by atoms with Gasteiger partial charge >= 0.3 is 0 Å². The third-order valence-corrected chi connectivity index (χ3v) is 4.31. The fourth-order valence-electron chi connectivity index (χ4n) is 2.91. The van der Waals surface area contributed by atoms with Gasteiger partial charge in [-0.3, -0.25) is 9.59 Å². The van der Waals surface area contributed by atoms with Gasteiger partial charge in [-0.2, -0.15) is 0 Å². The van der Waals surface area contributed by atoms with Crippen molar-refractivity contribution in [2.24, 2.45) is 5.92 Å². The molecular weight excluding hydrogens is 242 g/mol. The van der Waals surface area contributed by atoms with Gasteiger partial charge in [0.05, 0.1) is 0 Å². The topological polar surface area (TPSA) is 52.7 Å². The third-order valence-electron chi connectivity index (χ3n) is 4.31. The van der Waals surface area contributed by atoms with Crippen molar-refractivity contribution in [3.63, 3.8) is 0 Å². The predicted octanol–water partition coefficient (Wildman–Crippen LogP) is 0.455. The van der Waals surface area contributed by atoms with Crippen molar-refractivity contribution in [1.29, 1.82) is 0 Å². The number of hydrogen-bond acceptors (Lipinski definition) is 3. The maximum absolute atomic E-state index is 12.1. The van der Waals surface area contributed by atoms with Gasteiger partial charge < -0.3 is 15.1 Å². The van der Waals surface area contributed by atoms with Gasteiger partial charge in [-0.25, -0.2) is 0 Å². The molecule has 5 nitrogen and oxygen atoms in total. The van der Waals surface area contributed by atoms with Crippen molar-refractivity contribution in [2.75, 3.05) is 33.2 Å². The average Bonchev–Trinajstić information content (AvgIpc) is 2.50. The molecular formula is C14H25N3O2. The van der Waals surface area contributed by atoms with Gasteiger partial charge in [-0.15, -0.1) is 0 Å². The molecule has 2 amide bonds. The second-order valence-corrected chi connectivity index (χ2v) is 5.90. The van der Waals surface area contributed by atoms with Crippen LogP contribution >= 0.6 is 0 Å². The summed E-state index contributed by atoms with van der Waals surface area (Å²) in [5.74, 6) is 0.785. The number of carbonyl (C=O) groups excluding carboxylic acids is 2. The molecule has 1 N–H and O–H groups in total. The molecule has 1 atom stereocenters. The summed E-state index contributed by atoms with van der Waals surface area (Å²) in [6.45, 7) is 5.46. The van der Waals surface area contributed by atoms with E-state index >= 15 is 0 Å². The van der Waals surface area contributed by atoms with Crippen LogP contribution in [0, 0.1) is 5.92 Å². The molecule has 2 rings (SSSR count). The molecule has 0 saturated carbocycles. The minimum Gasteiger partial charge on any atom is -0.345 e. The highest BCUT2D eigenvalue weighted by Gasteiger charge is 2.27. The first-order chi connectivity index (χ1) is 9.06. The zero-order valence-corrected chi connectivity index (χ0v) is 12.0. The summed E-state index contributed by atoms with van der Waals surface area (Å²) < 4.78 is 0. The molecule has 1 unspecified atom stereocenters. The highest BCUT2D eigenvalue weighted by Crippen LogP contribution is 2.20. The lowest BCUT2D eigenvalue weighted by molar-refractivity contribution is -0.133. The van der Waals surface area contributed by atoms with E-state index in [1.165, 1.54) is 12.8 Å². The van der Waals surface area contributed by atoms with Crippen LogP contribution in [0.5, 0.6) is 0 Å². The summed E-state index contributed by atoms with van der Waals surface area (Å²) >= 11 is 0. The Labute approximate surface area is 115 Å². The van der Waals surface area contributed by atoms with Gasteiger partial charge in [0.2, 0.25) is 11.8 Å². The highest BCUT2D eigenvalue weighted by atomic mass is 16.2. The Morgan fingerprint density at radius 1 is 1.21 bits per heavy atom. The second-order valence-electron chi connectivity index (χ2n) is 5.90. The Morgan fingerprint density at radius 2 is 1.89 bits per heavy atom. The maximum Gasteiger partial charge on any atom is 0.244 e. The molecule has 19 heavy (non-hydrogen) atoms. The fraction of sp³-hybridized carbons (Fsp3) is 0.857. The monoisotopic (exact) mass is 267 g/mol. The molecule has 0 aromatic carbocycles. The van der Waals surface area contributed by atoms with Crippen molar-refractivity contribution < 1.29 is 9.59 Å². The summed E-state index contributed by atoms with van der Waals surface area (Å²) in [5.41, 5.74) is 0. The van der Waals surface area contributed by atoms with E-state index in [9.17, 15) is 9.59 Å². The predicted molar refractivity (Wildman–Crippen MR) is 73.6 cm³/mol. The Kier molecular flexibility index (Phi) is 4.80. The van der Waals surface area contributed by atoms with Gasteiger partial charge in [0, 0.05) is 19.5 Å². The number of rotatable bonds is 3. The number of amides is 2.